The molecule has 0 unspecified atom stereocenters. The first-order valence-electron chi connectivity index (χ1n) is 8.47. The van der Waals surface area contributed by atoms with E-state index in [0.29, 0.717) is 44.2 Å². The zero-order chi connectivity index (χ0) is 17.9. The lowest BCUT2D eigenvalue weighted by atomic mass is 10.2. The Morgan fingerprint density at radius 1 is 1.15 bits per heavy atom. The van der Waals surface area contributed by atoms with Gasteiger partial charge >= 0.3 is 5.69 Å². The quantitative estimate of drug-likeness (QED) is 0.657. The molecule has 0 saturated carbocycles. The van der Waals surface area contributed by atoms with E-state index in [1.165, 1.54) is 0 Å². The van der Waals surface area contributed by atoms with Gasteiger partial charge in [0, 0.05) is 31.4 Å². The molecule has 0 atom stereocenters. The Balaban J connectivity index is 1.45. The van der Waals surface area contributed by atoms with Crippen LogP contribution in [0, 0.1) is 0 Å². The van der Waals surface area contributed by atoms with Gasteiger partial charge in [0.1, 0.15) is 5.82 Å². The summed E-state index contributed by atoms with van der Waals surface area (Å²) in [4.78, 5) is 35.4. The van der Waals surface area contributed by atoms with Crippen molar-refractivity contribution in [2.45, 2.75) is 6.54 Å². The Bertz CT molecular complexity index is 988. The summed E-state index contributed by atoms with van der Waals surface area (Å²) in [6, 6.07) is 9.18. The van der Waals surface area contributed by atoms with Crippen LogP contribution in [0.1, 0.15) is 15.9 Å². The maximum atomic E-state index is 12.6. The molecular formula is C18H19N5O3. The maximum Gasteiger partial charge on any atom is 0.323 e. The molecular weight excluding hydrogens is 334 g/mol. The van der Waals surface area contributed by atoms with Crippen LogP contribution in [0.25, 0.3) is 11.0 Å². The van der Waals surface area contributed by atoms with Crippen LogP contribution in [-0.2, 0) is 11.3 Å². The molecule has 1 aliphatic heterocycles. The van der Waals surface area contributed by atoms with Crippen molar-refractivity contribution < 1.29 is 9.53 Å². The molecule has 0 radical (unpaired) electrons. The number of pyridine rings is 1. The number of amides is 1. The van der Waals surface area contributed by atoms with Crippen molar-refractivity contribution in [1.29, 1.82) is 0 Å². The van der Waals surface area contributed by atoms with E-state index >= 15 is 0 Å². The van der Waals surface area contributed by atoms with Gasteiger partial charge in [-0.25, -0.2) is 9.78 Å². The highest BCUT2D eigenvalue weighted by atomic mass is 16.5. The molecule has 1 aliphatic rings. The smallest absolute Gasteiger partial charge is 0.323 e. The number of carbonyl (C=O) groups excluding carboxylic acids is 1. The second kappa shape index (κ2) is 7.01. The summed E-state index contributed by atoms with van der Waals surface area (Å²) in [6.45, 7) is 2.90. The first-order valence-corrected chi connectivity index (χ1v) is 8.47. The van der Waals surface area contributed by atoms with Crippen LogP contribution in [0.5, 0.6) is 0 Å². The fourth-order valence-corrected chi connectivity index (χ4v) is 2.99. The zero-order valence-electron chi connectivity index (χ0n) is 14.1. The van der Waals surface area contributed by atoms with E-state index in [2.05, 4.69) is 20.3 Å². The number of nitrogens with zero attached hydrogens (tertiary/aromatic N) is 2. The van der Waals surface area contributed by atoms with Crippen LogP contribution in [0.4, 0.5) is 5.82 Å². The van der Waals surface area contributed by atoms with Crippen LogP contribution in [0.2, 0.25) is 0 Å². The number of benzene rings is 1. The zero-order valence-corrected chi connectivity index (χ0v) is 14.1. The Labute approximate surface area is 149 Å². The third-order valence-corrected chi connectivity index (χ3v) is 4.36. The largest absolute Gasteiger partial charge is 0.378 e. The third kappa shape index (κ3) is 3.45. The summed E-state index contributed by atoms with van der Waals surface area (Å²) in [5.41, 5.74) is 2.92. The van der Waals surface area contributed by atoms with Crippen molar-refractivity contribution >= 4 is 22.8 Å². The number of nitrogens with one attached hydrogen (secondary N) is 3. The second-order valence-corrected chi connectivity index (χ2v) is 6.15. The average molecular weight is 353 g/mol. The van der Waals surface area contributed by atoms with Gasteiger partial charge in [-0.1, -0.05) is 6.07 Å². The Hall–Kier alpha value is -3.13. The predicted molar refractivity (Wildman–Crippen MR) is 97.2 cm³/mol. The number of rotatable bonds is 4. The van der Waals surface area contributed by atoms with E-state index in [-0.39, 0.29) is 11.6 Å². The molecule has 1 amide bonds. The molecule has 1 aromatic carbocycles. The minimum Gasteiger partial charge on any atom is -0.378 e. The number of imidazole rings is 1. The van der Waals surface area contributed by atoms with E-state index < -0.39 is 0 Å². The molecule has 0 spiro atoms. The molecule has 2 aromatic heterocycles. The average Bonchev–Trinajstić information content (AvgIpc) is 3.06. The van der Waals surface area contributed by atoms with Crippen LogP contribution < -0.4 is 11.0 Å². The molecule has 1 fully saturated rings. The fourth-order valence-electron chi connectivity index (χ4n) is 2.99. The summed E-state index contributed by atoms with van der Waals surface area (Å²) in [6.07, 6.45) is 1.63. The van der Waals surface area contributed by atoms with Crippen molar-refractivity contribution in [2.75, 3.05) is 31.6 Å². The van der Waals surface area contributed by atoms with Gasteiger partial charge in [0.2, 0.25) is 0 Å². The Morgan fingerprint density at radius 2 is 1.96 bits per heavy atom. The van der Waals surface area contributed by atoms with Crippen molar-refractivity contribution in [3.8, 4) is 0 Å². The number of carbonyl (C=O) groups is 1. The summed E-state index contributed by atoms with van der Waals surface area (Å²) < 4.78 is 5.29. The topological polar surface area (TPSA) is 103 Å². The van der Waals surface area contributed by atoms with Crippen LogP contribution in [0.15, 0.2) is 41.3 Å². The predicted octanol–water partition coefficient (Wildman–Crippen LogP) is 1.34. The highest BCUT2D eigenvalue weighted by molar-refractivity contribution is 5.94. The molecule has 8 nitrogen and oxygen atoms in total. The number of aromatic amines is 2. The van der Waals surface area contributed by atoms with Crippen LogP contribution >= 0.6 is 0 Å². The van der Waals surface area contributed by atoms with Crippen LogP contribution in [0.3, 0.4) is 0 Å². The number of hydrogen-bond donors (Lipinski definition) is 3. The van der Waals surface area contributed by atoms with E-state index in [1.54, 1.807) is 23.2 Å². The fraction of sp³-hybridized carbons (Fsp3) is 0.278. The number of hydrogen-bond acceptors (Lipinski definition) is 5. The highest BCUT2D eigenvalue weighted by Gasteiger charge is 2.18. The van der Waals surface area contributed by atoms with Crippen molar-refractivity contribution in [2.24, 2.45) is 0 Å². The minimum absolute atomic E-state index is 0.00920. The summed E-state index contributed by atoms with van der Waals surface area (Å²) in [7, 11) is 0. The van der Waals surface area contributed by atoms with Gasteiger partial charge < -0.3 is 24.9 Å². The van der Waals surface area contributed by atoms with Crippen LogP contribution in [-0.4, -0.2) is 52.1 Å². The number of morpholine rings is 1. The van der Waals surface area contributed by atoms with Gasteiger partial charge in [-0.3, -0.25) is 4.79 Å². The molecule has 3 heterocycles. The van der Waals surface area contributed by atoms with Gasteiger partial charge in [0.15, 0.2) is 0 Å². The van der Waals surface area contributed by atoms with Gasteiger partial charge in [-0.15, -0.1) is 0 Å². The molecule has 8 heteroatoms. The first kappa shape index (κ1) is 16.3. The van der Waals surface area contributed by atoms with E-state index in [9.17, 15) is 9.59 Å². The highest BCUT2D eigenvalue weighted by Crippen LogP contribution is 2.14. The summed E-state index contributed by atoms with van der Waals surface area (Å²) in [5.74, 6) is 0.622. The monoisotopic (exact) mass is 353 g/mol. The van der Waals surface area contributed by atoms with Crippen molar-refractivity contribution in [3.05, 3.63) is 58.1 Å². The molecule has 1 saturated heterocycles. The first-order chi connectivity index (χ1) is 12.7. The molecule has 3 aromatic rings. The van der Waals surface area contributed by atoms with Crippen molar-refractivity contribution in [1.82, 2.24) is 19.9 Å². The summed E-state index contributed by atoms with van der Waals surface area (Å²) >= 11 is 0. The molecule has 26 heavy (non-hydrogen) atoms. The Kier molecular flexibility index (Phi) is 4.40. The second-order valence-electron chi connectivity index (χ2n) is 6.15. The number of H-pyrrole nitrogens is 2. The van der Waals surface area contributed by atoms with Gasteiger partial charge in [0.25, 0.3) is 5.91 Å². The third-order valence-electron chi connectivity index (χ3n) is 4.36. The van der Waals surface area contributed by atoms with Gasteiger partial charge in [0.05, 0.1) is 24.2 Å². The molecule has 0 aliphatic carbocycles. The Morgan fingerprint density at radius 3 is 2.81 bits per heavy atom. The molecule has 0 bridgehead atoms. The number of ether oxygens (including phenoxy) is 1. The number of fused-ring (bicyclic) bond motifs is 1. The van der Waals surface area contributed by atoms with Crippen molar-refractivity contribution in [3.63, 3.8) is 0 Å². The van der Waals surface area contributed by atoms with Gasteiger partial charge in [-0.2, -0.15) is 0 Å². The van der Waals surface area contributed by atoms with E-state index in [0.717, 1.165) is 16.6 Å². The molecule has 3 N–H and O–H groups in total. The normalized spacial score (nSPS) is 14.5. The lowest BCUT2D eigenvalue weighted by molar-refractivity contribution is 0.0303. The lowest BCUT2D eigenvalue weighted by Gasteiger charge is -2.26. The minimum atomic E-state index is -0.221. The molecule has 4 rings (SSSR count). The standard InChI is InChI=1S/C18H19N5O3/c24-17(23-5-7-26-8-6-23)13-3-4-19-16(10-13)20-11-12-1-2-14-15(9-12)22-18(25)21-14/h1-4,9-10H,5-8,11H2,(H,19,20)(H2,21,22,25). The van der Waals surface area contributed by atoms with E-state index in [4.69, 9.17) is 4.74 Å². The van der Waals surface area contributed by atoms with Gasteiger partial charge in [-0.05, 0) is 29.8 Å². The maximum absolute atomic E-state index is 12.6. The number of anilines is 1. The SMILES string of the molecule is O=C(c1ccnc(NCc2ccc3[nH]c(=O)[nH]c3c2)c1)N1CCOCC1. The lowest BCUT2D eigenvalue weighted by Crippen LogP contribution is -2.40. The van der Waals surface area contributed by atoms with E-state index in [1.807, 2.05) is 18.2 Å². The molecule has 134 valence electrons. The summed E-state index contributed by atoms with van der Waals surface area (Å²) in [5, 5.41) is 3.22. The number of aromatic nitrogens is 3.